The first-order valence-corrected chi connectivity index (χ1v) is 6.46. The highest BCUT2D eigenvalue weighted by Crippen LogP contribution is 2.18. The Morgan fingerprint density at radius 3 is 2.43 bits per heavy atom. The number of rotatable bonds is 3. The van der Waals surface area contributed by atoms with Crippen LogP contribution in [0.1, 0.15) is 37.7 Å². The number of carboxylic acid groups (broad SMARTS) is 1. The van der Waals surface area contributed by atoms with E-state index in [4.69, 9.17) is 5.11 Å². The average molecular weight is 287 g/mol. The van der Waals surface area contributed by atoms with Crippen molar-refractivity contribution in [1.82, 2.24) is 9.78 Å². The Hall–Kier alpha value is -2.63. The third kappa shape index (κ3) is 2.79. The van der Waals surface area contributed by atoms with Crippen molar-refractivity contribution in [3.63, 3.8) is 0 Å². The maximum atomic E-state index is 12.3. The van der Waals surface area contributed by atoms with E-state index in [1.165, 1.54) is 6.07 Å². The van der Waals surface area contributed by atoms with Crippen LogP contribution in [-0.4, -0.2) is 26.8 Å². The zero-order chi connectivity index (χ0) is 15.7. The molecule has 1 aromatic carbocycles. The van der Waals surface area contributed by atoms with E-state index >= 15 is 0 Å². The fourth-order valence-corrected chi connectivity index (χ4v) is 2.23. The molecule has 0 radical (unpaired) electrons. The van der Waals surface area contributed by atoms with Crippen molar-refractivity contribution in [3.8, 4) is 0 Å². The Balaban J connectivity index is 2.32. The fourth-order valence-electron chi connectivity index (χ4n) is 2.23. The van der Waals surface area contributed by atoms with Crippen molar-refractivity contribution < 1.29 is 14.7 Å². The van der Waals surface area contributed by atoms with E-state index in [9.17, 15) is 9.59 Å². The predicted octanol–water partition coefficient (Wildman–Crippen LogP) is 2.30. The molecule has 0 spiro atoms. The fraction of sp³-hybridized carbons (Fsp3) is 0.267. The molecule has 1 amide bonds. The second-order valence-electron chi connectivity index (χ2n) is 4.96. The molecule has 0 saturated carbocycles. The van der Waals surface area contributed by atoms with Crippen LogP contribution in [0.2, 0.25) is 0 Å². The van der Waals surface area contributed by atoms with Gasteiger partial charge in [-0.25, -0.2) is 4.79 Å². The van der Waals surface area contributed by atoms with E-state index in [-0.39, 0.29) is 11.5 Å². The molecular weight excluding hydrogens is 270 g/mol. The summed E-state index contributed by atoms with van der Waals surface area (Å²) in [6.07, 6.45) is 0. The second-order valence-corrected chi connectivity index (χ2v) is 4.96. The number of nitrogens with one attached hydrogen (secondary N) is 1. The molecule has 2 rings (SSSR count). The van der Waals surface area contributed by atoms with Gasteiger partial charge in [0.1, 0.15) is 0 Å². The molecule has 0 saturated heterocycles. The lowest BCUT2D eigenvalue weighted by Gasteiger charge is -2.08. The third-order valence-electron chi connectivity index (χ3n) is 3.46. The summed E-state index contributed by atoms with van der Waals surface area (Å²) in [7, 11) is 1.77. The number of carbonyl (C=O) groups excluding carboxylic acids is 1. The van der Waals surface area contributed by atoms with Gasteiger partial charge >= 0.3 is 5.97 Å². The van der Waals surface area contributed by atoms with Crippen molar-refractivity contribution in [1.29, 1.82) is 0 Å². The molecule has 2 aromatic rings. The number of anilines is 1. The molecule has 110 valence electrons. The standard InChI is InChI=1S/C15H17N3O3/c1-8-5-6-11(7-12(8)15(20)21)16-14(19)13-9(2)17-18(4)10(13)3/h5-7H,1-4H3,(H,16,19)(H,20,21). The maximum absolute atomic E-state index is 12.3. The summed E-state index contributed by atoms with van der Waals surface area (Å²) in [5.74, 6) is -1.31. The third-order valence-corrected chi connectivity index (χ3v) is 3.46. The second kappa shape index (κ2) is 5.40. The van der Waals surface area contributed by atoms with E-state index in [2.05, 4.69) is 10.4 Å². The number of hydrogen-bond acceptors (Lipinski definition) is 3. The summed E-state index contributed by atoms with van der Waals surface area (Å²) < 4.78 is 1.64. The van der Waals surface area contributed by atoms with E-state index in [0.717, 1.165) is 5.69 Å². The first-order valence-electron chi connectivity index (χ1n) is 6.46. The molecule has 2 N–H and O–H groups in total. The maximum Gasteiger partial charge on any atom is 0.336 e. The van der Waals surface area contributed by atoms with Gasteiger partial charge in [0.25, 0.3) is 5.91 Å². The molecule has 0 fully saturated rings. The topological polar surface area (TPSA) is 84.2 Å². The summed E-state index contributed by atoms with van der Waals surface area (Å²) in [4.78, 5) is 23.4. The Kier molecular flexibility index (Phi) is 3.80. The number of aryl methyl sites for hydroxylation is 3. The quantitative estimate of drug-likeness (QED) is 0.907. The molecule has 0 atom stereocenters. The summed E-state index contributed by atoms with van der Waals surface area (Å²) >= 11 is 0. The van der Waals surface area contributed by atoms with Gasteiger partial charge in [0, 0.05) is 18.4 Å². The highest BCUT2D eigenvalue weighted by molar-refractivity contribution is 6.06. The van der Waals surface area contributed by atoms with Crippen molar-refractivity contribution in [3.05, 3.63) is 46.3 Å². The monoisotopic (exact) mass is 287 g/mol. The van der Waals surface area contributed by atoms with Gasteiger partial charge < -0.3 is 10.4 Å². The number of carboxylic acids is 1. The molecule has 0 bridgehead atoms. The summed E-state index contributed by atoms with van der Waals surface area (Å²) in [5.41, 5.74) is 3.18. The van der Waals surface area contributed by atoms with Gasteiger partial charge in [-0.05, 0) is 38.5 Å². The first kappa shape index (κ1) is 14.8. The molecule has 6 heteroatoms. The van der Waals surface area contributed by atoms with Crippen LogP contribution in [0.3, 0.4) is 0 Å². The van der Waals surface area contributed by atoms with E-state index in [1.54, 1.807) is 37.7 Å². The van der Waals surface area contributed by atoms with Gasteiger partial charge in [-0.3, -0.25) is 9.48 Å². The zero-order valence-corrected chi connectivity index (χ0v) is 12.4. The average Bonchev–Trinajstić information content (AvgIpc) is 2.65. The Morgan fingerprint density at radius 1 is 1.24 bits per heavy atom. The van der Waals surface area contributed by atoms with Crippen molar-refractivity contribution >= 4 is 17.6 Å². The van der Waals surface area contributed by atoms with Crippen LogP contribution in [-0.2, 0) is 7.05 Å². The molecule has 1 aromatic heterocycles. The molecule has 6 nitrogen and oxygen atoms in total. The Labute approximate surface area is 122 Å². The molecule has 21 heavy (non-hydrogen) atoms. The van der Waals surface area contributed by atoms with Crippen LogP contribution in [0.4, 0.5) is 5.69 Å². The molecule has 0 aliphatic carbocycles. The lowest BCUT2D eigenvalue weighted by Crippen LogP contribution is -2.14. The van der Waals surface area contributed by atoms with E-state index < -0.39 is 5.97 Å². The van der Waals surface area contributed by atoms with Crippen LogP contribution < -0.4 is 5.32 Å². The zero-order valence-electron chi connectivity index (χ0n) is 12.4. The minimum absolute atomic E-state index is 0.174. The summed E-state index contributed by atoms with van der Waals surface area (Å²) in [6.45, 7) is 5.29. The SMILES string of the molecule is Cc1ccc(NC(=O)c2c(C)nn(C)c2C)cc1C(=O)O. The van der Waals surface area contributed by atoms with Crippen molar-refractivity contribution in [2.75, 3.05) is 5.32 Å². The van der Waals surface area contributed by atoms with Crippen molar-refractivity contribution in [2.45, 2.75) is 20.8 Å². The number of benzene rings is 1. The van der Waals surface area contributed by atoms with E-state index in [1.807, 2.05) is 6.92 Å². The van der Waals surface area contributed by atoms with Crippen LogP contribution in [0.25, 0.3) is 0 Å². The number of carbonyl (C=O) groups is 2. The van der Waals surface area contributed by atoms with Gasteiger partial charge in [0.05, 0.1) is 16.8 Å². The highest BCUT2D eigenvalue weighted by Gasteiger charge is 2.18. The van der Waals surface area contributed by atoms with Crippen LogP contribution in [0, 0.1) is 20.8 Å². The summed E-state index contributed by atoms with van der Waals surface area (Å²) in [5, 5.41) is 16.0. The smallest absolute Gasteiger partial charge is 0.336 e. The number of hydrogen-bond donors (Lipinski definition) is 2. The lowest BCUT2D eigenvalue weighted by molar-refractivity contribution is 0.0695. The molecule has 1 heterocycles. The van der Waals surface area contributed by atoms with E-state index in [0.29, 0.717) is 22.5 Å². The molecule has 0 aliphatic heterocycles. The van der Waals surface area contributed by atoms with Gasteiger partial charge in [-0.2, -0.15) is 5.10 Å². The summed E-state index contributed by atoms with van der Waals surface area (Å²) in [6, 6.07) is 4.80. The first-order chi connectivity index (χ1) is 9.81. The van der Waals surface area contributed by atoms with Crippen molar-refractivity contribution in [2.24, 2.45) is 7.05 Å². The predicted molar refractivity (Wildman–Crippen MR) is 78.8 cm³/mol. The number of nitrogens with zero attached hydrogens (tertiary/aromatic N) is 2. The minimum Gasteiger partial charge on any atom is -0.478 e. The highest BCUT2D eigenvalue weighted by atomic mass is 16.4. The molecule has 0 unspecified atom stereocenters. The normalized spacial score (nSPS) is 10.5. The number of aromatic nitrogens is 2. The minimum atomic E-state index is -1.02. The number of amides is 1. The van der Waals surface area contributed by atoms with Crippen LogP contribution in [0.15, 0.2) is 18.2 Å². The largest absolute Gasteiger partial charge is 0.478 e. The van der Waals surface area contributed by atoms with Gasteiger partial charge in [0.2, 0.25) is 0 Å². The Morgan fingerprint density at radius 2 is 1.90 bits per heavy atom. The van der Waals surface area contributed by atoms with Crippen LogP contribution in [0.5, 0.6) is 0 Å². The van der Waals surface area contributed by atoms with Gasteiger partial charge in [-0.15, -0.1) is 0 Å². The Bertz CT molecular complexity index is 732. The molecule has 0 aliphatic rings. The molecular formula is C15H17N3O3. The van der Waals surface area contributed by atoms with Gasteiger partial charge in [0.15, 0.2) is 0 Å². The number of aromatic carboxylic acids is 1. The lowest BCUT2D eigenvalue weighted by atomic mass is 10.1. The van der Waals surface area contributed by atoms with Gasteiger partial charge in [-0.1, -0.05) is 6.07 Å². The van der Waals surface area contributed by atoms with Crippen LogP contribution >= 0.6 is 0 Å².